The van der Waals surface area contributed by atoms with Gasteiger partial charge in [0.05, 0.1) is 6.61 Å². The zero-order valence-electron chi connectivity index (χ0n) is 11.6. The third-order valence-corrected chi connectivity index (χ3v) is 2.96. The average molecular weight is 317 g/mol. The molecule has 0 aliphatic carbocycles. The van der Waals surface area contributed by atoms with Gasteiger partial charge >= 0.3 is 6.48 Å². The number of benzene rings is 1. The molecule has 0 saturated heterocycles. The molecule has 0 fully saturated rings. The second-order valence-electron chi connectivity index (χ2n) is 4.99. The van der Waals surface area contributed by atoms with E-state index in [1.807, 2.05) is 19.1 Å². The normalized spacial score (nSPS) is 13.4. The van der Waals surface area contributed by atoms with Gasteiger partial charge in [0, 0.05) is 17.1 Å². The van der Waals surface area contributed by atoms with E-state index in [0.29, 0.717) is 6.61 Å². The second kappa shape index (κ2) is 6.55. The summed E-state index contributed by atoms with van der Waals surface area (Å²) >= 11 is 3.48. The minimum absolute atomic E-state index is 0.0103. The van der Waals surface area contributed by atoms with Crippen LogP contribution in [0.2, 0.25) is 0 Å². The Balaban J connectivity index is 3.01. The quantitative estimate of drug-likeness (QED) is 0.766. The van der Waals surface area contributed by atoms with E-state index in [2.05, 4.69) is 42.8 Å². The summed E-state index contributed by atoms with van der Waals surface area (Å²) in [6.45, 7) is 8.21. The van der Waals surface area contributed by atoms with Gasteiger partial charge in [0.2, 0.25) is 0 Å². The highest BCUT2D eigenvalue weighted by atomic mass is 79.9. The van der Waals surface area contributed by atoms with Gasteiger partial charge < -0.3 is 14.2 Å². The molecule has 3 nitrogen and oxygen atoms in total. The number of halogens is 1. The van der Waals surface area contributed by atoms with E-state index in [0.717, 1.165) is 15.8 Å². The fraction of sp³-hybridized carbons (Fsp3) is 0.571. The lowest BCUT2D eigenvalue weighted by Crippen LogP contribution is -2.24. The monoisotopic (exact) mass is 316 g/mol. The molecule has 0 amide bonds. The van der Waals surface area contributed by atoms with Gasteiger partial charge in [-0.15, -0.1) is 0 Å². The molecule has 0 aliphatic rings. The molecule has 0 saturated carbocycles. The lowest BCUT2D eigenvalue weighted by Gasteiger charge is -2.25. The predicted molar refractivity (Wildman–Crippen MR) is 75.9 cm³/mol. The van der Waals surface area contributed by atoms with Crippen LogP contribution in [-0.2, 0) is 14.9 Å². The van der Waals surface area contributed by atoms with Crippen LogP contribution in [0.4, 0.5) is 0 Å². The Morgan fingerprint density at radius 3 is 2.44 bits per heavy atom. The van der Waals surface area contributed by atoms with E-state index in [1.165, 1.54) is 0 Å². The molecule has 102 valence electrons. The molecule has 0 spiro atoms. The van der Waals surface area contributed by atoms with Crippen LogP contribution in [0.3, 0.4) is 0 Å². The molecule has 0 bridgehead atoms. The van der Waals surface area contributed by atoms with Crippen molar-refractivity contribution in [3.05, 3.63) is 28.2 Å². The fourth-order valence-corrected chi connectivity index (χ4v) is 1.94. The van der Waals surface area contributed by atoms with Crippen LogP contribution < -0.4 is 4.74 Å². The van der Waals surface area contributed by atoms with Gasteiger partial charge in [-0.05, 0) is 30.5 Å². The van der Waals surface area contributed by atoms with Gasteiger partial charge in [-0.3, -0.25) is 0 Å². The molecule has 1 aromatic carbocycles. The van der Waals surface area contributed by atoms with E-state index in [-0.39, 0.29) is 5.41 Å². The number of hydrogen-bond donors (Lipinski definition) is 0. The minimum atomic E-state index is -0.669. The number of rotatable bonds is 5. The number of ether oxygens (including phenoxy) is 3. The van der Waals surface area contributed by atoms with Crippen LogP contribution in [0.5, 0.6) is 5.75 Å². The van der Waals surface area contributed by atoms with Crippen LogP contribution >= 0.6 is 15.9 Å². The molecular formula is C14H21BrO3. The maximum atomic E-state index is 5.75. The summed E-state index contributed by atoms with van der Waals surface area (Å²) < 4.78 is 17.3. The molecule has 0 heterocycles. The molecule has 1 aromatic rings. The highest BCUT2D eigenvalue weighted by molar-refractivity contribution is 9.10. The SMILES string of the molecule is CCOC(OC)Oc1ccc(Br)cc1C(C)(C)C. The second-order valence-corrected chi connectivity index (χ2v) is 5.90. The zero-order chi connectivity index (χ0) is 13.8. The summed E-state index contributed by atoms with van der Waals surface area (Å²) in [5.74, 6) is 0.783. The standard InChI is InChI=1S/C14H21BrO3/c1-6-17-13(16-5)18-12-8-7-10(15)9-11(12)14(2,3)4/h7-9,13H,6H2,1-5H3. The molecular weight excluding hydrogens is 296 g/mol. The van der Waals surface area contributed by atoms with Crippen molar-refractivity contribution in [1.29, 1.82) is 0 Å². The summed E-state index contributed by atoms with van der Waals surface area (Å²) in [6, 6.07) is 5.94. The molecule has 1 atom stereocenters. The molecule has 4 heteroatoms. The van der Waals surface area contributed by atoms with Crippen molar-refractivity contribution in [3.8, 4) is 5.75 Å². The Labute approximate surface area is 118 Å². The third kappa shape index (κ3) is 4.26. The fourth-order valence-electron chi connectivity index (χ4n) is 1.58. The van der Waals surface area contributed by atoms with Crippen LogP contribution in [0.25, 0.3) is 0 Å². The molecule has 1 unspecified atom stereocenters. The first-order chi connectivity index (χ1) is 8.38. The summed E-state index contributed by atoms with van der Waals surface area (Å²) in [6.07, 6.45) is 0. The highest BCUT2D eigenvalue weighted by Gasteiger charge is 2.21. The summed E-state index contributed by atoms with van der Waals surface area (Å²) in [5, 5.41) is 0. The van der Waals surface area contributed by atoms with Gasteiger partial charge in [0.15, 0.2) is 0 Å². The lowest BCUT2D eigenvalue weighted by atomic mass is 9.86. The first kappa shape index (κ1) is 15.5. The van der Waals surface area contributed by atoms with Gasteiger partial charge in [-0.25, -0.2) is 0 Å². The molecule has 0 radical (unpaired) electrons. The number of methoxy groups -OCH3 is 1. The maximum Gasteiger partial charge on any atom is 0.315 e. The molecule has 0 aromatic heterocycles. The Hall–Kier alpha value is -0.580. The zero-order valence-corrected chi connectivity index (χ0v) is 13.2. The van der Waals surface area contributed by atoms with E-state index >= 15 is 0 Å². The van der Waals surface area contributed by atoms with Crippen molar-refractivity contribution < 1.29 is 14.2 Å². The topological polar surface area (TPSA) is 27.7 Å². The Morgan fingerprint density at radius 2 is 1.94 bits per heavy atom. The van der Waals surface area contributed by atoms with Crippen molar-refractivity contribution >= 4 is 15.9 Å². The van der Waals surface area contributed by atoms with Crippen molar-refractivity contribution in [1.82, 2.24) is 0 Å². The van der Waals surface area contributed by atoms with E-state index < -0.39 is 6.48 Å². The summed E-state index contributed by atoms with van der Waals surface area (Å²) in [4.78, 5) is 0. The predicted octanol–water partition coefficient (Wildman–Crippen LogP) is 4.09. The van der Waals surface area contributed by atoms with Crippen molar-refractivity contribution in [3.63, 3.8) is 0 Å². The Kier molecular flexibility index (Phi) is 5.63. The van der Waals surface area contributed by atoms with Crippen molar-refractivity contribution in [2.24, 2.45) is 0 Å². The van der Waals surface area contributed by atoms with Gasteiger partial charge in [0.25, 0.3) is 0 Å². The van der Waals surface area contributed by atoms with Crippen LogP contribution in [0.1, 0.15) is 33.3 Å². The first-order valence-electron chi connectivity index (χ1n) is 5.99. The van der Waals surface area contributed by atoms with Crippen molar-refractivity contribution in [2.75, 3.05) is 13.7 Å². The summed E-state index contributed by atoms with van der Waals surface area (Å²) in [5.41, 5.74) is 1.10. The molecule has 18 heavy (non-hydrogen) atoms. The van der Waals surface area contributed by atoms with Gasteiger partial charge in [-0.2, -0.15) is 0 Å². The van der Waals surface area contributed by atoms with Gasteiger partial charge in [-0.1, -0.05) is 36.7 Å². The Morgan fingerprint density at radius 1 is 1.28 bits per heavy atom. The highest BCUT2D eigenvalue weighted by Crippen LogP contribution is 2.34. The molecule has 0 N–H and O–H groups in total. The lowest BCUT2D eigenvalue weighted by molar-refractivity contribution is -0.231. The molecule has 1 rings (SSSR count). The largest absolute Gasteiger partial charge is 0.441 e. The van der Waals surface area contributed by atoms with Crippen molar-refractivity contribution in [2.45, 2.75) is 39.6 Å². The summed E-state index contributed by atoms with van der Waals surface area (Å²) in [7, 11) is 1.57. The van der Waals surface area contributed by atoms with E-state index in [1.54, 1.807) is 7.11 Å². The smallest absolute Gasteiger partial charge is 0.315 e. The van der Waals surface area contributed by atoms with E-state index in [4.69, 9.17) is 14.2 Å². The minimum Gasteiger partial charge on any atom is -0.441 e. The Bertz CT molecular complexity index is 385. The average Bonchev–Trinajstić information content (AvgIpc) is 2.29. The third-order valence-electron chi connectivity index (χ3n) is 2.47. The van der Waals surface area contributed by atoms with Crippen LogP contribution in [-0.4, -0.2) is 20.2 Å². The van der Waals surface area contributed by atoms with Crippen LogP contribution in [0.15, 0.2) is 22.7 Å². The molecule has 0 aliphatic heterocycles. The number of hydrogen-bond acceptors (Lipinski definition) is 3. The van der Waals surface area contributed by atoms with Crippen LogP contribution in [0, 0.1) is 0 Å². The maximum absolute atomic E-state index is 5.75. The van der Waals surface area contributed by atoms with Gasteiger partial charge in [0.1, 0.15) is 5.75 Å². The van der Waals surface area contributed by atoms with E-state index in [9.17, 15) is 0 Å². The first-order valence-corrected chi connectivity index (χ1v) is 6.79.